The first-order valence-corrected chi connectivity index (χ1v) is 11.8. The van der Waals surface area contributed by atoms with Gasteiger partial charge in [-0.2, -0.15) is 0 Å². The number of likely N-dealkylation sites (N-methyl/N-ethyl adjacent to an activating group) is 1. The van der Waals surface area contributed by atoms with Gasteiger partial charge in [-0.05, 0) is 92.1 Å². The molecule has 0 radical (unpaired) electrons. The third kappa shape index (κ3) is 6.09. The lowest BCUT2D eigenvalue weighted by Crippen LogP contribution is -2.41. The molecule has 0 aliphatic rings. The third-order valence-corrected chi connectivity index (χ3v) is 6.44. The van der Waals surface area contributed by atoms with Crippen LogP contribution in [0.15, 0.2) is 47.3 Å². The Bertz CT molecular complexity index is 1160. The predicted octanol–water partition coefficient (Wildman–Crippen LogP) is 5.34. The fourth-order valence-electron chi connectivity index (χ4n) is 3.67. The van der Waals surface area contributed by atoms with Gasteiger partial charge in [-0.3, -0.25) is 4.79 Å². The molecule has 0 amide bonds. The summed E-state index contributed by atoms with van der Waals surface area (Å²) >= 11 is 11.9. The zero-order valence-corrected chi connectivity index (χ0v) is 20.7. The molecule has 170 valence electrons. The third-order valence-electron chi connectivity index (χ3n) is 5.84. The summed E-state index contributed by atoms with van der Waals surface area (Å²) in [5, 5.41) is 5.52. The number of pyridine rings is 1. The average Bonchev–Trinajstić information content (AvgIpc) is 2.75. The van der Waals surface area contributed by atoms with Crippen molar-refractivity contribution in [2.24, 2.45) is 0 Å². The molecule has 0 atom stereocenters. The van der Waals surface area contributed by atoms with Gasteiger partial charge in [0.2, 0.25) is 0 Å². The largest absolute Gasteiger partial charge is 0.343 e. The van der Waals surface area contributed by atoms with E-state index >= 15 is 0 Å². The van der Waals surface area contributed by atoms with Crippen molar-refractivity contribution in [3.8, 4) is 0 Å². The maximum atomic E-state index is 12.9. The van der Waals surface area contributed by atoms with Crippen LogP contribution in [-0.2, 0) is 6.54 Å². The highest BCUT2D eigenvalue weighted by atomic mass is 35.5. The lowest BCUT2D eigenvalue weighted by molar-refractivity contribution is 0.266. The van der Waals surface area contributed by atoms with E-state index in [9.17, 15) is 4.79 Å². The van der Waals surface area contributed by atoms with Crippen LogP contribution in [0.25, 0.3) is 10.9 Å². The summed E-state index contributed by atoms with van der Waals surface area (Å²) in [6, 6.07) is 13.6. The topological polar surface area (TPSA) is 51.4 Å². The quantitative estimate of drug-likeness (QED) is 0.435. The van der Waals surface area contributed by atoms with E-state index in [1.165, 1.54) is 5.56 Å². The van der Waals surface area contributed by atoms with Crippen LogP contribution in [0, 0.1) is 13.8 Å². The highest BCUT2D eigenvalue weighted by Gasteiger charge is 2.15. The smallest absolute Gasteiger partial charge is 0.253 e. The minimum atomic E-state index is -0.0841. The zero-order valence-electron chi connectivity index (χ0n) is 19.2. The molecule has 7 heteroatoms. The molecule has 0 saturated carbocycles. The van der Waals surface area contributed by atoms with Crippen LogP contribution >= 0.6 is 23.8 Å². The minimum absolute atomic E-state index is 0.0841. The molecule has 1 aromatic heterocycles. The van der Waals surface area contributed by atoms with E-state index in [2.05, 4.69) is 49.0 Å². The number of aromatic nitrogens is 1. The van der Waals surface area contributed by atoms with Crippen molar-refractivity contribution >= 4 is 45.5 Å². The zero-order chi connectivity index (χ0) is 23.3. The van der Waals surface area contributed by atoms with Crippen molar-refractivity contribution in [3.63, 3.8) is 0 Å². The van der Waals surface area contributed by atoms with Crippen LogP contribution in [-0.4, -0.2) is 46.1 Å². The van der Waals surface area contributed by atoms with Crippen molar-refractivity contribution in [2.75, 3.05) is 31.5 Å². The Kier molecular flexibility index (Phi) is 8.29. The first-order chi connectivity index (χ1) is 15.3. The van der Waals surface area contributed by atoms with Crippen molar-refractivity contribution in [2.45, 2.75) is 34.2 Å². The second-order valence-corrected chi connectivity index (χ2v) is 8.86. The van der Waals surface area contributed by atoms with Crippen molar-refractivity contribution in [3.05, 3.63) is 74.5 Å². The molecule has 3 aromatic rings. The molecule has 32 heavy (non-hydrogen) atoms. The van der Waals surface area contributed by atoms with Crippen LogP contribution in [0.3, 0.4) is 0 Å². The first-order valence-electron chi connectivity index (χ1n) is 11.0. The fraction of sp³-hybridized carbons (Fsp3) is 0.360. The number of rotatable bonds is 8. The van der Waals surface area contributed by atoms with Gasteiger partial charge in [0.15, 0.2) is 5.11 Å². The molecule has 0 aliphatic carbocycles. The maximum Gasteiger partial charge on any atom is 0.253 e. The summed E-state index contributed by atoms with van der Waals surface area (Å²) < 4.78 is 0. The van der Waals surface area contributed by atoms with Gasteiger partial charge in [-0.15, -0.1) is 0 Å². The molecule has 0 fully saturated rings. The molecule has 5 nitrogen and oxygen atoms in total. The SMILES string of the molecule is CCN(CC)CCN(Cc1cc2cc(C)c(C)cc2[nH]c1=O)C(=S)Nc1cccc(Cl)c1. The number of nitrogens with one attached hydrogen (secondary N) is 2. The van der Waals surface area contributed by atoms with Crippen LogP contribution in [0.1, 0.15) is 30.5 Å². The molecule has 2 aromatic carbocycles. The number of thiocarbonyl (C=S) groups is 1. The van der Waals surface area contributed by atoms with Gasteiger partial charge in [-0.25, -0.2) is 0 Å². The number of H-pyrrole nitrogens is 1. The Hall–Kier alpha value is -2.41. The van der Waals surface area contributed by atoms with Gasteiger partial charge in [0.1, 0.15) is 0 Å². The van der Waals surface area contributed by atoms with Gasteiger partial charge in [0, 0.05) is 34.9 Å². The molecule has 0 aliphatic heterocycles. The minimum Gasteiger partial charge on any atom is -0.343 e. The van der Waals surface area contributed by atoms with Gasteiger partial charge < -0.3 is 20.1 Å². The molecule has 2 N–H and O–H groups in total. The van der Waals surface area contributed by atoms with Gasteiger partial charge >= 0.3 is 0 Å². The Balaban J connectivity index is 1.88. The summed E-state index contributed by atoms with van der Waals surface area (Å²) in [7, 11) is 0. The van der Waals surface area contributed by atoms with E-state index in [1.807, 2.05) is 41.3 Å². The molecule has 0 unspecified atom stereocenters. The summed E-state index contributed by atoms with van der Waals surface area (Å²) in [5.41, 5.74) is 4.65. The Labute approximate surface area is 200 Å². The molecule has 0 saturated heterocycles. The highest BCUT2D eigenvalue weighted by Crippen LogP contribution is 2.19. The number of hydrogen-bond acceptors (Lipinski definition) is 3. The van der Waals surface area contributed by atoms with Crippen LogP contribution in [0.4, 0.5) is 5.69 Å². The van der Waals surface area contributed by atoms with E-state index < -0.39 is 0 Å². The summed E-state index contributed by atoms with van der Waals surface area (Å²) in [5.74, 6) is 0. The average molecular weight is 471 g/mol. The number of benzene rings is 2. The molecule has 0 spiro atoms. The summed E-state index contributed by atoms with van der Waals surface area (Å²) in [6.45, 7) is 12.3. The molecule has 3 rings (SSSR count). The maximum absolute atomic E-state index is 12.9. The van der Waals surface area contributed by atoms with Gasteiger partial charge in [-0.1, -0.05) is 31.5 Å². The van der Waals surface area contributed by atoms with Crippen LogP contribution < -0.4 is 10.9 Å². The number of fused-ring (bicyclic) bond motifs is 1. The lowest BCUT2D eigenvalue weighted by atomic mass is 10.0. The van der Waals surface area contributed by atoms with Crippen molar-refractivity contribution in [1.29, 1.82) is 0 Å². The number of anilines is 1. The van der Waals surface area contributed by atoms with E-state index in [0.717, 1.165) is 41.8 Å². The monoisotopic (exact) mass is 470 g/mol. The number of aromatic amines is 1. The second kappa shape index (κ2) is 10.9. The Morgan fingerprint density at radius 1 is 1.06 bits per heavy atom. The first kappa shape index (κ1) is 24.2. The fourth-order valence-corrected chi connectivity index (χ4v) is 4.13. The number of nitrogens with zero attached hydrogens (tertiary/aromatic N) is 2. The Morgan fingerprint density at radius 3 is 2.47 bits per heavy atom. The van der Waals surface area contributed by atoms with E-state index in [-0.39, 0.29) is 5.56 Å². The number of hydrogen-bond donors (Lipinski definition) is 2. The Morgan fingerprint density at radius 2 is 1.78 bits per heavy atom. The normalized spacial score (nSPS) is 11.2. The van der Waals surface area contributed by atoms with Gasteiger partial charge in [0.05, 0.1) is 6.54 Å². The standard InChI is InChI=1S/C25H31ClN4OS/c1-5-29(6-2)10-11-30(25(32)27-22-9-7-8-21(26)15-22)16-20-14-19-12-17(3)18(4)13-23(19)28-24(20)31/h7-9,12-15H,5-6,10-11,16H2,1-4H3,(H,27,32)(H,28,31). The lowest BCUT2D eigenvalue weighted by Gasteiger charge is -2.29. The highest BCUT2D eigenvalue weighted by molar-refractivity contribution is 7.80. The van der Waals surface area contributed by atoms with Crippen molar-refractivity contribution < 1.29 is 0 Å². The van der Waals surface area contributed by atoms with E-state index in [0.29, 0.717) is 28.8 Å². The number of halogens is 1. The van der Waals surface area contributed by atoms with E-state index in [1.54, 1.807) is 0 Å². The summed E-state index contributed by atoms with van der Waals surface area (Å²) in [4.78, 5) is 20.3. The van der Waals surface area contributed by atoms with Crippen LogP contribution in [0.2, 0.25) is 5.02 Å². The molecule has 1 heterocycles. The van der Waals surface area contributed by atoms with Crippen LogP contribution in [0.5, 0.6) is 0 Å². The van der Waals surface area contributed by atoms with Crippen molar-refractivity contribution in [1.82, 2.24) is 14.8 Å². The number of aryl methyl sites for hydroxylation is 2. The summed E-state index contributed by atoms with van der Waals surface area (Å²) in [6.07, 6.45) is 0. The second-order valence-electron chi connectivity index (χ2n) is 8.04. The molecular weight excluding hydrogens is 440 g/mol. The van der Waals surface area contributed by atoms with Gasteiger partial charge in [0.25, 0.3) is 5.56 Å². The molecule has 0 bridgehead atoms. The molecular formula is C25H31ClN4OS. The predicted molar refractivity (Wildman–Crippen MR) is 140 cm³/mol. The van der Waals surface area contributed by atoms with E-state index in [4.69, 9.17) is 23.8 Å².